The summed E-state index contributed by atoms with van der Waals surface area (Å²) < 4.78 is 27.0. The average Bonchev–Trinajstić information content (AvgIpc) is 3.32. The summed E-state index contributed by atoms with van der Waals surface area (Å²) in [5.74, 6) is -1.10. The van der Waals surface area contributed by atoms with Crippen LogP contribution in [-0.2, 0) is 23.0 Å². The Labute approximate surface area is 166 Å². The number of hydrogen-bond acceptors (Lipinski definition) is 6. The number of aromatic amines is 1. The number of nitrogens with two attached hydrogens (primary N) is 1. The molecule has 3 N–H and O–H groups in total. The number of carbonyl (C=O) groups excluding carboxylic acids is 2. The molecule has 28 heavy (non-hydrogen) atoms. The van der Waals surface area contributed by atoms with Crippen LogP contribution < -0.4 is 5.73 Å². The zero-order valence-corrected chi connectivity index (χ0v) is 16.6. The Hall–Kier alpha value is -2.82. The Kier molecular flexibility index (Phi) is 5.73. The van der Waals surface area contributed by atoms with Crippen LogP contribution in [0, 0.1) is 0 Å². The Bertz CT molecular complexity index is 1090. The molecule has 0 aliphatic carbocycles. The molecule has 0 aliphatic heterocycles. The minimum Gasteiger partial charge on any atom is -0.366 e. The van der Waals surface area contributed by atoms with E-state index in [9.17, 15) is 18.0 Å². The number of benzene rings is 1. The van der Waals surface area contributed by atoms with Crippen LogP contribution in [0.15, 0.2) is 52.9 Å². The smallest absolute Gasteiger partial charge is 0.252 e. The number of Topliss-reactive ketones (excluding diaryl/α,β-unsaturated/α-hetero) is 1. The lowest BCUT2D eigenvalue weighted by Crippen LogP contribution is -2.25. The van der Waals surface area contributed by atoms with Gasteiger partial charge < -0.3 is 5.73 Å². The minimum absolute atomic E-state index is 0.0320. The second-order valence-electron chi connectivity index (χ2n) is 6.08. The van der Waals surface area contributed by atoms with Gasteiger partial charge >= 0.3 is 0 Å². The lowest BCUT2D eigenvalue weighted by Gasteiger charge is -2.16. The van der Waals surface area contributed by atoms with E-state index in [0.717, 1.165) is 16.9 Å². The molecule has 0 unspecified atom stereocenters. The van der Waals surface area contributed by atoms with Crippen molar-refractivity contribution in [1.82, 2.24) is 14.5 Å². The first-order valence-corrected chi connectivity index (χ1v) is 10.5. The van der Waals surface area contributed by atoms with Crippen LogP contribution in [-0.4, -0.2) is 41.7 Å². The summed E-state index contributed by atoms with van der Waals surface area (Å²) in [6.45, 7) is 0.176. The van der Waals surface area contributed by atoms with Gasteiger partial charge in [-0.3, -0.25) is 14.7 Å². The molecule has 0 bridgehead atoms. The molecule has 8 nitrogen and oxygen atoms in total. The summed E-state index contributed by atoms with van der Waals surface area (Å²) in [6, 6.07) is 11.9. The zero-order chi connectivity index (χ0) is 20.3. The second kappa shape index (κ2) is 8.05. The normalized spacial score (nSPS) is 11.6. The van der Waals surface area contributed by atoms with Crippen molar-refractivity contribution < 1.29 is 18.0 Å². The van der Waals surface area contributed by atoms with Gasteiger partial charge in [-0.05, 0) is 17.7 Å². The number of nitrogens with one attached hydrogen (secondary N) is 1. The Morgan fingerprint density at radius 1 is 1.21 bits per heavy atom. The van der Waals surface area contributed by atoms with Crippen molar-refractivity contribution in [3.8, 4) is 0 Å². The van der Waals surface area contributed by atoms with Gasteiger partial charge in [0.1, 0.15) is 9.90 Å². The van der Waals surface area contributed by atoms with Gasteiger partial charge in [0, 0.05) is 31.1 Å². The molecule has 2 aromatic heterocycles. The Morgan fingerprint density at radius 2 is 1.93 bits per heavy atom. The SMILES string of the molecule is CN(Cc1ccccc1)S(=O)(=O)c1cc(C(N)=O)c(CC(=O)c2ccn[nH]2)s1. The van der Waals surface area contributed by atoms with E-state index in [1.165, 1.54) is 29.7 Å². The fourth-order valence-electron chi connectivity index (χ4n) is 2.60. The van der Waals surface area contributed by atoms with Gasteiger partial charge in [-0.25, -0.2) is 8.42 Å². The highest BCUT2D eigenvalue weighted by atomic mass is 32.2. The third-order valence-corrected chi connectivity index (χ3v) is 7.47. The second-order valence-corrected chi connectivity index (χ2v) is 9.49. The van der Waals surface area contributed by atoms with E-state index in [1.54, 1.807) is 0 Å². The topological polar surface area (TPSA) is 126 Å². The summed E-state index contributed by atoms with van der Waals surface area (Å²) in [5, 5.41) is 6.26. The summed E-state index contributed by atoms with van der Waals surface area (Å²) in [6.07, 6.45) is 1.29. The minimum atomic E-state index is -3.85. The van der Waals surface area contributed by atoms with Crippen LogP contribution in [0.2, 0.25) is 0 Å². The van der Waals surface area contributed by atoms with Crippen LogP contribution in [0.5, 0.6) is 0 Å². The van der Waals surface area contributed by atoms with E-state index in [1.807, 2.05) is 30.3 Å². The molecule has 0 saturated carbocycles. The van der Waals surface area contributed by atoms with Crippen LogP contribution in [0.3, 0.4) is 0 Å². The molecule has 0 saturated heterocycles. The first-order valence-electron chi connectivity index (χ1n) is 8.24. The molecule has 1 aromatic carbocycles. The highest BCUT2D eigenvalue weighted by molar-refractivity contribution is 7.91. The summed E-state index contributed by atoms with van der Waals surface area (Å²) in [7, 11) is -2.39. The third-order valence-electron chi connectivity index (χ3n) is 4.09. The monoisotopic (exact) mass is 418 g/mol. The van der Waals surface area contributed by atoms with E-state index < -0.39 is 15.9 Å². The molecule has 0 radical (unpaired) electrons. The van der Waals surface area contributed by atoms with Crippen molar-refractivity contribution in [3.05, 3.63) is 70.4 Å². The summed E-state index contributed by atoms with van der Waals surface area (Å²) in [5.41, 5.74) is 6.53. The van der Waals surface area contributed by atoms with Crippen molar-refractivity contribution in [2.24, 2.45) is 5.73 Å². The molecular weight excluding hydrogens is 400 g/mol. The zero-order valence-electron chi connectivity index (χ0n) is 15.0. The van der Waals surface area contributed by atoms with E-state index in [0.29, 0.717) is 4.88 Å². The number of amides is 1. The maximum Gasteiger partial charge on any atom is 0.252 e. The van der Waals surface area contributed by atoms with E-state index in [2.05, 4.69) is 10.2 Å². The number of sulfonamides is 1. The molecule has 0 fully saturated rings. The van der Waals surface area contributed by atoms with Gasteiger partial charge in [0.25, 0.3) is 10.0 Å². The fourth-order valence-corrected chi connectivity index (χ4v) is 5.49. The van der Waals surface area contributed by atoms with Gasteiger partial charge in [-0.2, -0.15) is 9.40 Å². The van der Waals surface area contributed by atoms with Gasteiger partial charge in [0.05, 0.1) is 5.56 Å². The molecule has 0 spiro atoms. The Morgan fingerprint density at radius 3 is 2.54 bits per heavy atom. The quantitative estimate of drug-likeness (QED) is 0.540. The number of carbonyl (C=O) groups is 2. The largest absolute Gasteiger partial charge is 0.366 e. The van der Waals surface area contributed by atoms with Crippen molar-refractivity contribution in [2.45, 2.75) is 17.2 Å². The number of rotatable bonds is 8. The highest BCUT2D eigenvalue weighted by Gasteiger charge is 2.27. The van der Waals surface area contributed by atoms with Crippen molar-refractivity contribution in [1.29, 1.82) is 0 Å². The lowest BCUT2D eigenvalue weighted by atomic mass is 10.1. The van der Waals surface area contributed by atoms with Gasteiger partial charge in [0.15, 0.2) is 5.78 Å². The van der Waals surface area contributed by atoms with Gasteiger partial charge in [-0.15, -0.1) is 11.3 Å². The summed E-state index contributed by atoms with van der Waals surface area (Å²) >= 11 is 0.874. The summed E-state index contributed by atoms with van der Waals surface area (Å²) in [4.78, 5) is 24.4. The molecule has 10 heteroatoms. The molecule has 0 aliphatic rings. The van der Waals surface area contributed by atoms with Crippen LogP contribution in [0.1, 0.15) is 31.3 Å². The van der Waals surface area contributed by atoms with Crippen LogP contribution >= 0.6 is 11.3 Å². The maximum atomic E-state index is 12.9. The number of aromatic nitrogens is 2. The molecular formula is C18H18N4O4S2. The number of primary amides is 1. The van der Waals surface area contributed by atoms with Gasteiger partial charge in [0.2, 0.25) is 5.91 Å². The van der Waals surface area contributed by atoms with Crippen molar-refractivity contribution in [2.75, 3.05) is 7.05 Å². The molecule has 3 aromatic rings. The predicted octanol–water partition coefficient (Wildman–Crippen LogP) is 1.82. The molecule has 1 amide bonds. The van der Waals surface area contributed by atoms with Gasteiger partial charge in [-0.1, -0.05) is 30.3 Å². The Balaban J connectivity index is 1.89. The first kappa shape index (κ1) is 19.9. The number of thiophene rings is 1. The molecule has 0 atom stereocenters. The number of nitrogens with zero attached hydrogens (tertiary/aromatic N) is 2. The fraction of sp³-hybridized carbons (Fsp3) is 0.167. The van der Waals surface area contributed by atoms with E-state index >= 15 is 0 Å². The van der Waals surface area contributed by atoms with E-state index in [-0.39, 0.29) is 34.2 Å². The average molecular weight is 419 g/mol. The van der Waals surface area contributed by atoms with E-state index in [4.69, 9.17) is 5.73 Å². The highest BCUT2D eigenvalue weighted by Crippen LogP contribution is 2.30. The molecule has 146 valence electrons. The first-order chi connectivity index (χ1) is 13.3. The molecule has 2 heterocycles. The van der Waals surface area contributed by atoms with Crippen molar-refractivity contribution >= 4 is 33.1 Å². The van der Waals surface area contributed by atoms with Crippen LogP contribution in [0.25, 0.3) is 0 Å². The van der Waals surface area contributed by atoms with Crippen LogP contribution in [0.4, 0.5) is 0 Å². The standard InChI is InChI=1S/C18H18N4O4S2/c1-22(11-12-5-3-2-4-6-12)28(25,26)17-9-13(18(19)24)16(27-17)10-15(23)14-7-8-20-21-14/h2-9H,10-11H2,1H3,(H2,19,24)(H,20,21). The number of H-pyrrole nitrogens is 1. The predicted molar refractivity (Wildman–Crippen MR) is 105 cm³/mol. The number of ketones is 1. The molecule has 3 rings (SSSR count). The maximum absolute atomic E-state index is 12.9. The van der Waals surface area contributed by atoms with Crippen molar-refractivity contribution in [3.63, 3.8) is 0 Å². The lowest BCUT2D eigenvalue weighted by molar-refractivity contribution is 0.0988. The third kappa shape index (κ3) is 4.19. The number of hydrogen-bond donors (Lipinski definition) is 2.